The molecule has 0 radical (unpaired) electrons. The molecule has 0 bridgehead atoms. The van der Waals surface area contributed by atoms with Gasteiger partial charge in [0.15, 0.2) is 0 Å². The maximum Gasteiger partial charge on any atom is 0.402 e. The summed E-state index contributed by atoms with van der Waals surface area (Å²) in [6.07, 6.45) is -4.61. The fourth-order valence-electron chi connectivity index (χ4n) is 1.44. The van der Waals surface area contributed by atoms with E-state index in [0.29, 0.717) is 5.76 Å². The zero-order valence-corrected chi connectivity index (χ0v) is 13.1. The van der Waals surface area contributed by atoms with Gasteiger partial charge in [-0.2, -0.15) is 17.5 Å². The molecular formula is C12H19F3N2O3S. The average Bonchev–Trinajstić information content (AvgIpc) is 2.72. The van der Waals surface area contributed by atoms with Crippen LogP contribution in [0.4, 0.5) is 13.2 Å². The van der Waals surface area contributed by atoms with Crippen molar-refractivity contribution in [1.29, 1.82) is 0 Å². The predicted octanol–water partition coefficient (Wildman–Crippen LogP) is 2.35. The first kappa shape index (κ1) is 18.0. The summed E-state index contributed by atoms with van der Waals surface area (Å²) >= 11 is 0. The van der Waals surface area contributed by atoms with Crippen LogP contribution in [0.25, 0.3) is 0 Å². The molecule has 1 N–H and O–H groups in total. The number of alkyl halides is 3. The van der Waals surface area contributed by atoms with Crippen LogP contribution in [-0.2, 0) is 16.6 Å². The number of hydrogen-bond acceptors (Lipinski definition) is 4. The topological polar surface area (TPSA) is 62.6 Å². The van der Waals surface area contributed by atoms with Gasteiger partial charge in [-0.25, -0.2) is 8.42 Å². The molecule has 21 heavy (non-hydrogen) atoms. The lowest BCUT2D eigenvalue weighted by Gasteiger charge is -2.19. The molecule has 0 spiro atoms. The molecular weight excluding hydrogens is 309 g/mol. The molecule has 1 rings (SSSR count). The molecule has 0 aliphatic rings. The minimum Gasteiger partial charge on any atom is -0.447 e. The molecule has 9 heteroatoms. The third-order valence-corrected chi connectivity index (χ3v) is 4.17. The van der Waals surface area contributed by atoms with Gasteiger partial charge in [-0.1, -0.05) is 0 Å². The van der Waals surface area contributed by atoms with Gasteiger partial charge >= 0.3 is 6.18 Å². The summed E-state index contributed by atoms with van der Waals surface area (Å²) in [6, 6.07) is 2.58. The number of halogens is 3. The van der Waals surface area contributed by atoms with Crippen LogP contribution < -0.4 is 5.32 Å². The van der Waals surface area contributed by atoms with E-state index in [1.165, 1.54) is 6.07 Å². The summed E-state index contributed by atoms with van der Waals surface area (Å²) in [6.45, 7) is 4.48. The predicted molar refractivity (Wildman–Crippen MR) is 71.2 cm³/mol. The van der Waals surface area contributed by atoms with Crippen LogP contribution in [0, 0.1) is 0 Å². The summed E-state index contributed by atoms with van der Waals surface area (Å²) in [4.78, 5) is 0. The van der Waals surface area contributed by atoms with E-state index in [4.69, 9.17) is 4.42 Å². The molecule has 0 saturated carbocycles. The van der Waals surface area contributed by atoms with Gasteiger partial charge in [0.25, 0.3) is 10.0 Å². The molecule has 0 aliphatic carbocycles. The highest BCUT2D eigenvalue weighted by molar-refractivity contribution is 7.89. The zero-order valence-electron chi connectivity index (χ0n) is 12.3. The van der Waals surface area contributed by atoms with Crippen molar-refractivity contribution in [2.45, 2.75) is 44.1 Å². The van der Waals surface area contributed by atoms with Crippen molar-refractivity contribution >= 4 is 10.0 Å². The van der Waals surface area contributed by atoms with Gasteiger partial charge < -0.3 is 9.73 Å². The Kier molecular flexibility index (Phi) is 5.12. The highest BCUT2D eigenvalue weighted by Crippen LogP contribution is 2.22. The van der Waals surface area contributed by atoms with Crippen molar-refractivity contribution in [3.05, 3.63) is 17.9 Å². The molecule has 0 aromatic carbocycles. The second kappa shape index (κ2) is 5.98. The van der Waals surface area contributed by atoms with Crippen molar-refractivity contribution < 1.29 is 26.0 Å². The van der Waals surface area contributed by atoms with Gasteiger partial charge in [-0.15, -0.1) is 0 Å². The standard InChI is InChI=1S/C12H19F3N2O3S/c1-11(2,3)16-7-9-5-6-10(20-9)21(18,19)17(4)8-12(13,14)15/h5-6,16H,7-8H2,1-4H3. The Morgan fingerprint density at radius 2 is 1.81 bits per heavy atom. The van der Waals surface area contributed by atoms with Crippen LogP contribution in [0.5, 0.6) is 0 Å². The molecule has 122 valence electrons. The van der Waals surface area contributed by atoms with Crippen molar-refractivity contribution in [3.8, 4) is 0 Å². The molecule has 0 aliphatic heterocycles. The second-order valence-electron chi connectivity index (χ2n) is 5.70. The Labute approximate surface area is 122 Å². The Morgan fingerprint density at radius 1 is 1.24 bits per heavy atom. The average molecular weight is 328 g/mol. The summed E-state index contributed by atoms with van der Waals surface area (Å²) in [7, 11) is -3.43. The van der Waals surface area contributed by atoms with Gasteiger partial charge in [0.05, 0.1) is 6.54 Å². The lowest BCUT2D eigenvalue weighted by atomic mass is 10.1. The fraction of sp³-hybridized carbons (Fsp3) is 0.667. The molecule has 0 unspecified atom stereocenters. The number of nitrogens with zero attached hydrogens (tertiary/aromatic N) is 1. The molecule has 0 saturated heterocycles. The van der Waals surface area contributed by atoms with Crippen molar-refractivity contribution in [3.63, 3.8) is 0 Å². The van der Waals surface area contributed by atoms with Crippen LogP contribution in [0.15, 0.2) is 21.6 Å². The van der Waals surface area contributed by atoms with E-state index in [9.17, 15) is 21.6 Å². The molecule has 0 atom stereocenters. The van der Waals surface area contributed by atoms with E-state index in [-0.39, 0.29) is 16.4 Å². The number of rotatable bonds is 5. The van der Waals surface area contributed by atoms with E-state index < -0.39 is 27.8 Å². The van der Waals surface area contributed by atoms with Crippen molar-refractivity contribution in [2.24, 2.45) is 0 Å². The quantitative estimate of drug-likeness (QED) is 0.901. The third kappa shape index (κ3) is 5.68. The lowest BCUT2D eigenvalue weighted by Crippen LogP contribution is -2.35. The Hall–Kier alpha value is -1.06. The zero-order chi connectivity index (χ0) is 16.5. The van der Waals surface area contributed by atoms with Crippen molar-refractivity contribution in [2.75, 3.05) is 13.6 Å². The van der Waals surface area contributed by atoms with Crippen LogP contribution >= 0.6 is 0 Å². The Bertz CT molecular complexity index is 573. The molecule has 0 fully saturated rings. The normalized spacial score (nSPS) is 13.9. The number of hydrogen-bond donors (Lipinski definition) is 1. The summed E-state index contributed by atoms with van der Waals surface area (Å²) in [5, 5.41) is 2.59. The van der Waals surface area contributed by atoms with E-state index in [0.717, 1.165) is 13.1 Å². The van der Waals surface area contributed by atoms with Crippen molar-refractivity contribution in [1.82, 2.24) is 9.62 Å². The van der Waals surface area contributed by atoms with Gasteiger partial charge in [0.1, 0.15) is 12.3 Å². The number of furan rings is 1. The molecule has 1 aromatic heterocycles. The number of sulfonamides is 1. The monoisotopic (exact) mass is 328 g/mol. The first-order chi connectivity index (χ1) is 9.31. The largest absolute Gasteiger partial charge is 0.447 e. The van der Waals surface area contributed by atoms with E-state index in [2.05, 4.69) is 5.32 Å². The van der Waals surface area contributed by atoms with E-state index >= 15 is 0 Å². The van der Waals surface area contributed by atoms with Crippen LogP contribution in [0.2, 0.25) is 0 Å². The van der Waals surface area contributed by atoms with Gasteiger partial charge in [-0.3, -0.25) is 0 Å². The number of nitrogens with one attached hydrogen (secondary N) is 1. The minimum absolute atomic E-state index is 0.196. The Morgan fingerprint density at radius 3 is 2.29 bits per heavy atom. The third-order valence-electron chi connectivity index (χ3n) is 2.50. The lowest BCUT2D eigenvalue weighted by molar-refractivity contribution is -0.134. The molecule has 1 heterocycles. The fourth-order valence-corrected chi connectivity index (χ4v) is 2.51. The van der Waals surface area contributed by atoms with E-state index in [1.54, 1.807) is 0 Å². The summed E-state index contributed by atoms with van der Waals surface area (Å²) in [5.41, 5.74) is -0.196. The Balaban J connectivity index is 2.84. The van der Waals surface area contributed by atoms with Crippen LogP contribution in [0.3, 0.4) is 0 Å². The first-order valence-corrected chi connectivity index (χ1v) is 7.62. The highest BCUT2D eigenvalue weighted by atomic mass is 32.2. The summed E-state index contributed by atoms with van der Waals surface area (Å²) in [5.74, 6) is 0.337. The molecule has 5 nitrogen and oxygen atoms in total. The maximum atomic E-state index is 12.3. The first-order valence-electron chi connectivity index (χ1n) is 6.18. The van der Waals surface area contributed by atoms with Crippen LogP contribution in [0.1, 0.15) is 26.5 Å². The molecule has 1 aromatic rings. The maximum absolute atomic E-state index is 12.3. The molecule has 0 amide bonds. The van der Waals surface area contributed by atoms with Crippen LogP contribution in [-0.4, -0.2) is 38.0 Å². The summed E-state index contributed by atoms with van der Waals surface area (Å²) < 4.78 is 66.0. The highest BCUT2D eigenvalue weighted by Gasteiger charge is 2.36. The van der Waals surface area contributed by atoms with Gasteiger partial charge in [-0.05, 0) is 32.9 Å². The van der Waals surface area contributed by atoms with Gasteiger partial charge in [0, 0.05) is 12.6 Å². The smallest absolute Gasteiger partial charge is 0.402 e. The minimum atomic E-state index is -4.61. The second-order valence-corrected chi connectivity index (χ2v) is 7.68. The SMILES string of the molecule is CN(CC(F)(F)F)S(=O)(=O)c1ccc(CNC(C)(C)C)o1. The van der Waals surface area contributed by atoms with Gasteiger partial charge in [0.2, 0.25) is 5.09 Å². The van der Waals surface area contributed by atoms with E-state index in [1.807, 2.05) is 20.8 Å².